The molecule has 9 heteroatoms. The van der Waals surface area contributed by atoms with Gasteiger partial charge in [-0.05, 0) is 31.0 Å². The molecule has 1 N–H and O–H groups in total. The van der Waals surface area contributed by atoms with Crippen LogP contribution in [0.25, 0.3) is 0 Å². The number of halogens is 3. The number of aromatic nitrogens is 2. The zero-order chi connectivity index (χ0) is 18.6. The Hall–Kier alpha value is -2.16. The standard InChI is InChI=1S/C17H18F3N3O2S/c18-17(19,20)12-7-4-8-13(9-12)25-10-14-22-23-16(26-14)21-15(24)11-5-2-1-3-6-11/h4,7-9,11H,1-3,5-6,10H2,(H,21,23,24). The summed E-state index contributed by atoms with van der Waals surface area (Å²) in [4.78, 5) is 12.2. The van der Waals surface area contributed by atoms with Crippen molar-refractivity contribution < 1.29 is 22.7 Å². The highest BCUT2D eigenvalue weighted by molar-refractivity contribution is 7.15. The minimum Gasteiger partial charge on any atom is -0.486 e. The van der Waals surface area contributed by atoms with E-state index in [0.29, 0.717) is 10.1 Å². The van der Waals surface area contributed by atoms with Crippen molar-refractivity contribution in [3.05, 3.63) is 34.8 Å². The first-order valence-electron chi connectivity index (χ1n) is 8.35. The van der Waals surface area contributed by atoms with Gasteiger partial charge in [0, 0.05) is 5.92 Å². The fourth-order valence-electron chi connectivity index (χ4n) is 2.84. The van der Waals surface area contributed by atoms with Crippen molar-refractivity contribution in [2.75, 3.05) is 5.32 Å². The van der Waals surface area contributed by atoms with Gasteiger partial charge in [-0.15, -0.1) is 10.2 Å². The van der Waals surface area contributed by atoms with E-state index in [1.807, 2.05) is 0 Å². The number of carbonyl (C=O) groups excluding carboxylic acids is 1. The summed E-state index contributed by atoms with van der Waals surface area (Å²) < 4.78 is 43.4. The minimum atomic E-state index is -4.42. The molecule has 0 saturated heterocycles. The molecule has 26 heavy (non-hydrogen) atoms. The molecule has 1 aromatic heterocycles. The number of carbonyl (C=O) groups is 1. The summed E-state index contributed by atoms with van der Waals surface area (Å²) in [6.07, 6.45) is 0.638. The van der Waals surface area contributed by atoms with Crippen molar-refractivity contribution in [3.63, 3.8) is 0 Å². The van der Waals surface area contributed by atoms with Gasteiger partial charge in [0.2, 0.25) is 11.0 Å². The molecule has 2 aromatic rings. The maximum absolute atomic E-state index is 12.7. The summed E-state index contributed by atoms with van der Waals surface area (Å²) in [5.74, 6) is 0.0615. The van der Waals surface area contributed by atoms with Crippen molar-refractivity contribution in [2.24, 2.45) is 5.92 Å². The largest absolute Gasteiger partial charge is 0.486 e. The lowest BCUT2D eigenvalue weighted by molar-refractivity contribution is -0.137. The molecular weight excluding hydrogens is 367 g/mol. The second-order valence-electron chi connectivity index (χ2n) is 6.14. The SMILES string of the molecule is O=C(Nc1nnc(COc2cccc(C(F)(F)F)c2)s1)C1CCCCC1. The molecule has 140 valence electrons. The number of ether oxygens (including phenoxy) is 1. The maximum atomic E-state index is 12.7. The predicted octanol–water partition coefficient (Wildman–Crippen LogP) is 4.65. The minimum absolute atomic E-state index is 0.0115. The number of amides is 1. The Morgan fingerprint density at radius 1 is 1.23 bits per heavy atom. The van der Waals surface area contributed by atoms with E-state index in [-0.39, 0.29) is 24.2 Å². The zero-order valence-corrected chi connectivity index (χ0v) is 14.7. The third kappa shape index (κ3) is 4.94. The molecule has 0 bridgehead atoms. The smallest absolute Gasteiger partial charge is 0.416 e. The Kier molecular flexibility index (Phi) is 5.75. The van der Waals surface area contributed by atoms with E-state index in [9.17, 15) is 18.0 Å². The third-order valence-electron chi connectivity index (χ3n) is 4.20. The van der Waals surface area contributed by atoms with Crippen molar-refractivity contribution in [3.8, 4) is 5.75 Å². The predicted molar refractivity (Wildman–Crippen MR) is 90.9 cm³/mol. The molecule has 1 aliphatic rings. The highest BCUT2D eigenvalue weighted by Crippen LogP contribution is 2.31. The zero-order valence-electron chi connectivity index (χ0n) is 13.9. The fraction of sp³-hybridized carbons (Fsp3) is 0.471. The Morgan fingerprint density at radius 2 is 2.00 bits per heavy atom. The third-order valence-corrected chi connectivity index (χ3v) is 5.01. The van der Waals surface area contributed by atoms with Crippen molar-refractivity contribution in [2.45, 2.75) is 44.9 Å². The maximum Gasteiger partial charge on any atom is 0.416 e. The van der Waals surface area contributed by atoms with E-state index < -0.39 is 11.7 Å². The number of nitrogens with one attached hydrogen (secondary N) is 1. The lowest BCUT2D eigenvalue weighted by Gasteiger charge is -2.19. The molecular formula is C17H18F3N3O2S. The van der Waals surface area contributed by atoms with Gasteiger partial charge >= 0.3 is 6.18 Å². The van der Waals surface area contributed by atoms with Crippen LogP contribution in [0.3, 0.4) is 0 Å². The summed E-state index contributed by atoms with van der Waals surface area (Å²) in [5, 5.41) is 11.4. The highest BCUT2D eigenvalue weighted by atomic mass is 32.1. The lowest BCUT2D eigenvalue weighted by Crippen LogP contribution is -2.24. The summed E-state index contributed by atoms with van der Waals surface area (Å²) in [5.41, 5.74) is -0.771. The molecule has 1 aliphatic carbocycles. The van der Waals surface area contributed by atoms with Crippen LogP contribution in [0.1, 0.15) is 42.7 Å². The number of hydrogen-bond donors (Lipinski definition) is 1. The van der Waals surface area contributed by atoms with E-state index >= 15 is 0 Å². The van der Waals surface area contributed by atoms with Gasteiger partial charge in [-0.25, -0.2) is 0 Å². The number of hydrogen-bond acceptors (Lipinski definition) is 5. The van der Waals surface area contributed by atoms with E-state index in [1.54, 1.807) is 0 Å². The summed E-state index contributed by atoms with van der Waals surface area (Å²) in [6, 6.07) is 4.65. The molecule has 0 radical (unpaired) electrons. The first-order valence-corrected chi connectivity index (χ1v) is 9.17. The van der Waals surface area contributed by atoms with Gasteiger partial charge in [0.15, 0.2) is 5.01 Å². The normalized spacial score (nSPS) is 15.7. The second-order valence-corrected chi connectivity index (χ2v) is 7.20. The first-order chi connectivity index (χ1) is 12.4. The molecule has 1 aromatic carbocycles. The van der Waals surface area contributed by atoms with Crippen LogP contribution in [0.4, 0.5) is 18.3 Å². The molecule has 5 nitrogen and oxygen atoms in total. The van der Waals surface area contributed by atoms with Crippen LogP contribution in [0, 0.1) is 5.92 Å². The molecule has 0 unspecified atom stereocenters. The second kappa shape index (κ2) is 8.03. The van der Waals surface area contributed by atoms with Gasteiger partial charge in [0.05, 0.1) is 5.56 Å². The van der Waals surface area contributed by atoms with E-state index in [0.717, 1.165) is 49.2 Å². The van der Waals surface area contributed by atoms with Crippen molar-refractivity contribution in [1.82, 2.24) is 10.2 Å². The molecule has 3 rings (SSSR count). The quantitative estimate of drug-likeness (QED) is 0.813. The number of anilines is 1. The fourth-order valence-corrected chi connectivity index (χ4v) is 3.50. The number of nitrogens with zero attached hydrogens (tertiary/aromatic N) is 2. The van der Waals surface area contributed by atoms with Gasteiger partial charge in [-0.1, -0.05) is 36.7 Å². The van der Waals surface area contributed by atoms with Gasteiger partial charge in [-0.2, -0.15) is 13.2 Å². The molecule has 1 heterocycles. The van der Waals surface area contributed by atoms with Gasteiger partial charge in [0.25, 0.3) is 0 Å². The first kappa shape index (κ1) is 18.6. The molecule has 1 saturated carbocycles. The van der Waals surface area contributed by atoms with Crippen LogP contribution < -0.4 is 10.1 Å². The highest BCUT2D eigenvalue weighted by Gasteiger charge is 2.30. The molecule has 1 fully saturated rings. The summed E-state index contributed by atoms with van der Waals surface area (Å²) >= 11 is 1.15. The molecule has 0 aliphatic heterocycles. The molecule has 0 spiro atoms. The lowest BCUT2D eigenvalue weighted by atomic mass is 9.89. The Balaban J connectivity index is 1.54. The average molecular weight is 385 g/mol. The number of alkyl halides is 3. The number of rotatable bonds is 5. The van der Waals surface area contributed by atoms with Crippen LogP contribution in [-0.4, -0.2) is 16.1 Å². The van der Waals surface area contributed by atoms with E-state index in [4.69, 9.17) is 4.74 Å². The van der Waals surface area contributed by atoms with Crippen LogP contribution >= 0.6 is 11.3 Å². The molecule has 1 amide bonds. The van der Waals surface area contributed by atoms with Crippen LogP contribution in [0.15, 0.2) is 24.3 Å². The van der Waals surface area contributed by atoms with Crippen molar-refractivity contribution in [1.29, 1.82) is 0 Å². The topological polar surface area (TPSA) is 64.1 Å². The Labute approximate surface area is 152 Å². The monoisotopic (exact) mass is 385 g/mol. The number of benzene rings is 1. The Bertz CT molecular complexity index is 758. The van der Waals surface area contributed by atoms with E-state index in [2.05, 4.69) is 15.5 Å². The summed E-state index contributed by atoms with van der Waals surface area (Å²) in [6.45, 7) is -0.0156. The average Bonchev–Trinajstić information content (AvgIpc) is 3.07. The Morgan fingerprint density at radius 3 is 2.73 bits per heavy atom. The molecule has 0 atom stereocenters. The van der Waals surface area contributed by atoms with Gasteiger partial charge in [0.1, 0.15) is 12.4 Å². The van der Waals surface area contributed by atoms with Crippen molar-refractivity contribution >= 4 is 22.4 Å². The van der Waals surface area contributed by atoms with E-state index in [1.165, 1.54) is 18.6 Å². The van der Waals surface area contributed by atoms with Gasteiger partial charge in [-0.3, -0.25) is 4.79 Å². The van der Waals surface area contributed by atoms with Crippen LogP contribution in [0.2, 0.25) is 0 Å². The van der Waals surface area contributed by atoms with Crippen LogP contribution in [0.5, 0.6) is 5.75 Å². The van der Waals surface area contributed by atoms with Gasteiger partial charge < -0.3 is 10.1 Å². The van der Waals surface area contributed by atoms with Crippen LogP contribution in [-0.2, 0) is 17.6 Å². The summed E-state index contributed by atoms with van der Waals surface area (Å²) in [7, 11) is 0.